The van der Waals surface area contributed by atoms with Gasteiger partial charge >= 0.3 is 0 Å². The van der Waals surface area contributed by atoms with Gasteiger partial charge in [0.05, 0.1) is 41.2 Å². The Hall–Kier alpha value is -3.70. The van der Waals surface area contributed by atoms with E-state index in [-0.39, 0.29) is 34.8 Å². The van der Waals surface area contributed by atoms with E-state index >= 15 is 4.39 Å². The van der Waals surface area contributed by atoms with Gasteiger partial charge in [0.25, 0.3) is 5.91 Å². The maximum Gasteiger partial charge on any atom is 0.257 e. The van der Waals surface area contributed by atoms with Crippen LogP contribution in [0.3, 0.4) is 0 Å². The van der Waals surface area contributed by atoms with Gasteiger partial charge in [-0.1, -0.05) is 35.3 Å². The number of ketones is 1. The number of hydrogen-bond acceptors (Lipinski definition) is 7. The number of hydrogen-bond donors (Lipinski definition) is 1. The van der Waals surface area contributed by atoms with Crippen molar-refractivity contribution >= 4 is 34.9 Å². The van der Waals surface area contributed by atoms with E-state index in [1.54, 1.807) is 35.9 Å². The maximum absolute atomic E-state index is 16.3. The van der Waals surface area contributed by atoms with Crippen LogP contribution in [0.1, 0.15) is 56.2 Å². The minimum absolute atomic E-state index is 0.0306. The monoisotopic (exact) mass is 581 g/mol. The number of carbonyl (C=O) groups excluding carboxylic acids is 2. The highest BCUT2D eigenvalue weighted by atomic mass is 35.5. The smallest absolute Gasteiger partial charge is 0.257 e. The molecule has 2 aromatic heterocycles. The zero-order valence-electron chi connectivity index (χ0n) is 21.1. The summed E-state index contributed by atoms with van der Waals surface area (Å²) in [5.74, 6) is -1.68. The van der Waals surface area contributed by atoms with Crippen molar-refractivity contribution in [2.45, 2.75) is 37.3 Å². The van der Waals surface area contributed by atoms with Crippen LogP contribution in [0, 0.1) is 5.82 Å². The Morgan fingerprint density at radius 2 is 1.82 bits per heavy atom. The lowest BCUT2D eigenvalue weighted by atomic mass is 9.88. The molecule has 1 fully saturated rings. The quantitative estimate of drug-likeness (QED) is 0.324. The normalized spacial score (nSPS) is 21.8. The highest BCUT2D eigenvalue weighted by molar-refractivity contribution is 6.30. The molecule has 40 heavy (non-hydrogen) atoms. The molecule has 0 unspecified atom stereocenters. The number of nitrogens with zero attached hydrogens (tertiary/aromatic N) is 5. The summed E-state index contributed by atoms with van der Waals surface area (Å²) >= 11 is 12.1. The van der Waals surface area contributed by atoms with Crippen LogP contribution >= 0.6 is 23.2 Å². The van der Waals surface area contributed by atoms with Gasteiger partial charge in [-0.25, -0.2) is 19.3 Å². The van der Waals surface area contributed by atoms with Crippen LogP contribution in [0.15, 0.2) is 61.3 Å². The standard InChI is InChI=1S/C28H22Cl2FN5O4/c1-35-12-23(34-14-35)26(38)15-6-21-25(22(31)7-15)28(40-20-8-19(37)9-20,16-2-4-17(29)5-3-16)36(27(21)39)13-24-32-10-18(30)11-33-24/h2-7,10-12,14,19-20,37H,8-9,13H2,1H3/t19-,20+,28-/m1/s1. The fourth-order valence-corrected chi connectivity index (χ4v) is 5.36. The van der Waals surface area contributed by atoms with Crippen molar-refractivity contribution in [2.75, 3.05) is 0 Å². The number of carbonyl (C=O) groups is 2. The number of amides is 1. The number of aliphatic hydroxyl groups excluding tert-OH is 1. The second kappa shape index (κ2) is 10.0. The molecule has 12 heteroatoms. The topological polar surface area (TPSA) is 110 Å². The lowest BCUT2D eigenvalue weighted by Crippen LogP contribution is -2.51. The molecule has 6 rings (SSSR count). The molecule has 1 aliphatic heterocycles. The van der Waals surface area contributed by atoms with Gasteiger partial charge in [0.2, 0.25) is 11.5 Å². The van der Waals surface area contributed by atoms with E-state index in [0.717, 1.165) is 6.07 Å². The molecule has 2 aromatic carbocycles. The summed E-state index contributed by atoms with van der Waals surface area (Å²) < 4.78 is 24.5. The van der Waals surface area contributed by atoms with Crippen LogP contribution < -0.4 is 0 Å². The minimum Gasteiger partial charge on any atom is -0.393 e. The first kappa shape index (κ1) is 26.5. The third-order valence-electron chi connectivity index (χ3n) is 7.10. The van der Waals surface area contributed by atoms with Crippen molar-refractivity contribution in [1.82, 2.24) is 24.4 Å². The highest BCUT2D eigenvalue weighted by Gasteiger charge is 2.56. The number of benzene rings is 2. The molecule has 1 saturated carbocycles. The third-order valence-corrected chi connectivity index (χ3v) is 7.55. The minimum atomic E-state index is -1.76. The van der Waals surface area contributed by atoms with Crippen LogP contribution in [0.2, 0.25) is 10.0 Å². The highest BCUT2D eigenvalue weighted by Crippen LogP contribution is 2.50. The van der Waals surface area contributed by atoms with Crippen LogP contribution in [0.4, 0.5) is 4.39 Å². The maximum atomic E-state index is 16.3. The average molecular weight is 582 g/mol. The van der Waals surface area contributed by atoms with Gasteiger partial charge in [0.15, 0.2) is 0 Å². The largest absolute Gasteiger partial charge is 0.393 e. The van der Waals surface area contributed by atoms with Gasteiger partial charge in [-0.05, 0) is 37.1 Å². The van der Waals surface area contributed by atoms with Crippen molar-refractivity contribution < 1.29 is 23.8 Å². The van der Waals surface area contributed by atoms with Crippen molar-refractivity contribution in [1.29, 1.82) is 0 Å². The predicted molar refractivity (Wildman–Crippen MR) is 142 cm³/mol. The van der Waals surface area contributed by atoms with Crippen LogP contribution in [0.25, 0.3) is 0 Å². The predicted octanol–water partition coefficient (Wildman–Crippen LogP) is 4.28. The fraction of sp³-hybridized carbons (Fsp3) is 0.250. The van der Waals surface area contributed by atoms with Gasteiger partial charge in [-0.15, -0.1) is 0 Å². The molecule has 0 saturated heterocycles. The van der Waals surface area contributed by atoms with Crippen LogP contribution in [0.5, 0.6) is 0 Å². The van der Waals surface area contributed by atoms with Crippen molar-refractivity contribution in [2.24, 2.45) is 7.05 Å². The zero-order valence-corrected chi connectivity index (χ0v) is 22.6. The molecule has 4 aromatic rings. The SMILES string of the molecule is Cn1cnc(C(=O)c2cc(F)c3c(c2)C(=O)N(Cc2ncc(Cl)cn2)[C@@]3(O[C@H]2C[C@@H](O)C2)c2ccc(Cl)cc2)c1. The Labute approximate surface area is 238 Å². The summed E-state index contributed by atoms with van der Waals surface area (Å²) in [6.45, 7) is -0.161. The van der Waals surface area contributed by atoms with Crippen LogP contribution in [-0.4, -0.2) is 53.4 Å². The van der Waals surface area contributed by atoms with Crippen LogP contribution in [-0.2, 0) is 24.1 Å². The molecule has 3 heterocycles. The molecule has 1 N–H and O–H groups in total. The van der Waals surface area contributed by atoms with Gasteiger partial charge in [0.1, 0.15) is 17.3 Å². The Kier molecular flexibility index (Phi) is 6.66. The van der Waals surface area contributed by atoms with E-state index in [1.165, 1.54) is 35.9 Å². The lowest BCUT2D eigenvalue weighted by molar-refractivity contribution is -0.191. The average Bonchev–Trinajstić information content (AvgIpc) is 3.45. The number of aromatic nitrogens is 4. The summed E-state index contributed by atoms with van der Waals surface area (Å²) in [5, 5.41) is 10.7. The Morgan fingerprint density at radius 1 is 1.12 bits per heavy atom. The summed E-state index contributed by atoms with van der Waals surface area (Å²) in [5.41, 5.74) is -1.33. The molecule has 0 spiro atoms. The number of ether oxygens (including phenoxy) is 1. The number of fused-ring (bicyclic) bond motifs is 1. The molecule has 9 nitrogen and oxygen atoms in total. The summed E-state index contributed by atoms with van der Waals surface area (Å²) in [4.78, 5) is 41.2. The van der Waals surface area contributed by atoms with Gasteiger partial charge < -0.3 is 14.4 Å². The molecule has 1 atom stereocenters. The Bertz CT molecular complexity index is 1620. The molecule has 1 amide bonds. The van der Waals surface area contributed by atoms with Gasteiger partial charge in [-0.3, -0.25) is 14.5 Å². The molecule has 0 radical (unpaired) electrons. The first-order valence-electron chi connectivity index (χ1n) is 12.4. The Morgan fingerprint density at radius 3 is 2.45 bits per heavy atom. The summed E-state index contributed by atoms with van der Waals surface area (Å²) in [7, 11) is 1.71. The molecule has 0 bridgehead atoms. The molecular weight excluding hydrogens is 560 g/mol. The zero-order chi connectivity index (χ0) is 28.2. The number of rotatable bonds is 7. The van der Waals surface area contributed by atoms with E-state index in [2.05, 4.69) is 15.0 Å². The van der Waals surface area contributed by atoms with E-state index < -0.39 is 35.4 Å². The van der Waals surface area contributed by atoms with Crippen molar-refractivity contribution in [3.63, 3.8) is 0 Å². The van der Waals surface area contributed by atoms with Gasteiger partial charge in [-0.2, -0.15) is 0 Å². The summed E-state index contributed by atoms with van der Waals surface area (Å²) in [6, 6.07) is 9.00. The second-order valence-electron chi connectivity index (χ2n) is 9.86. The third kappa shape index (κ3) is 4.46. The molecule has 204 valence electrons. The molecule has 2 aliphatic rings. The number of imidazole rings is 1. The lowest BCUT2D eigenvalue weighted by Gasteiger charge is -2.45. The number of aryl methyl sites for hydroxylation is 1. The van der Waals surface area contributed by atoms with E-state index in [9.17, 15) is 14.7 Å². The van der Waals surface area contributed by atoms with Gasteiger partial charge in [0, 0.05) is 41.8 Å². The molecular formula is C28H22Cl2FN5O4. The van der Waals surface area contributed by atoms with E-state index in [1.807, 2.05) is 0 Å². The number of aliphatic hydroxyl groups is 1. The molecule has 1 aliphatic carbocycles. The van der Waals surface area contributed by atoms with E-state index in [0.29, 0.717) is 28.5 Å². The first-order valence-corrected chi connectivity index (χ1v) is 13.2. The van der Waals surface area contributed by atoms with Crippen molar-refractivity contribution in [3.8, 4) is 0 Å². The Balaban J connectivity index is 1.55. The van der Waals surface area contributed by atoms with E-state index in [4.69, 9.17) is 27.9 Å². The number of halogens is 3. The second-order valence-corrected chi connectivity index (χ2v) is 10.7. The summed E-state index contributed by atoms with van der Waals surface area (Å²) in [6.07, 6.45) is 5.34. The first-order chi connectivity index (χ1) is 19.2. The van der Waals surface area contributed by atoms with Crippen molar-refractivity contribution in [3.05, 3.63) is 111 Å². The fourth-order valence-electron chi connectivity index (χ4n) is 5.14.